The molecule has 9 rings (SSSR count). The molecule has 10 nitrogen and oxygen atoms in total. The van der Waals surface area contributed by atoms with Crippen LogP contribution >= 0.6 is 27.3 Å². The van der Waals surface area contributed by atoms with Crippen LogP contribution in [0.1, 0.15) is 111 Å². The molecule has 4 fully saturated rings. The molecule has 3 saturated heterocycles. The van der Waals surface area contributed by atoms with Crippen molar-refractivity contribution in [2.24, 2.45) is 4.99 Å². The van der Waals surface area contributed by atoms with Crippen LogP contribution in [-0.2, 0) is 19.8 Å². The summed E-state index contributed by atoms with van der Waals surface area (Å²) in [7, 11) is 1.99. The highest BCUT2D eigenvalue weighted by molar-refractivity contribution is 9.10. The largest absolute Gasteiger partial charge is 0.340 e. The summed E-state index contributed by atoms with van der Waals surface area (Å²) in [5.74, 6) is 1.23. The van der Waals surface area contributed by atoms with Gasteiger partial charge in [-0.15, -0.1) is 11.3 Å². The molecule has 2 unspecified atom stereocenters. The third kappa shape index (κ3) is 8.02. The molecule has 1 aliphatic carbocycles. The van der Waals surface area contributed by atoms with Crippen molar-refractivity contribution in [3.05, 3.63) is 98.6 Å². The first-order valence-electron chi connectivity index (χ1n) is 22.4. The number of hydrogen-bond acceptors (Lipinski definition) is 7. The molecule has 2 atom stereocenters. The topological polar surface area (TPSA) is 101 Å². The first-order valence-corrected chi connectivity index (χ1v) is 24.1. The number of rotatable bonds is 9. The minimum Gasteiger partial charge on any atom is -0.340 e. The van der Waals surface area contributed by atoms with E-state index in [4.69, 9.17) is 0 Å². The zero-order valence-corrected chi connectivity index (χ0v) is 38.1. The molecule has 1 N–H and O–H groups in total. The number of nitrogens with zero attached hydrogens (tertiary/aromatic N) is 6. The van der Waals surface area contributed by atoms with Gasteiger partial charge < -0.3 is 15.1 Å². The lowest BCUT2D eigenvalue weighted by atomic mass is 9.69. The van der Waals surface area contributed by atoms with E-state index in [-0.39, 0.29) is 23.3 Å². The van der Waals surface area contributed by atoms with Gasteiger partial charge in [-0.1, -0.05) is 77.7 Å². The zero-order valence-electron chi connectivity index (χ0n) is 35.7. The molecule has 1 spiro atoms. The number of carbonyl (C=O) groups excluding carboxylic acids is 3. The van der Waals surface area contributed by atoms with Crippen molar-refractivity contribution in [3.63, 3.8) is 0 Å². The molecule has 1 aromatic heterocycles. The summed E-state index contributed by atoms with van der Waals surface area (Å²) in [6.07, 6.45) is 12.0. The lowest BCUT2D eigenvalue weighted by Crippen LogP contribution is -2.52. The second-order valence-corrected chi connectivity index (χ2v) is 19.7. The molecule has 4 aliphatic heterocycles. The average Bonchev–Trinajstić information content (AvgIpc) is 4.00. The van der Waals surface area contributed by atoms with Gasteiger partial charge in [0.25, 0.3) is 0 Å². The number of fused-ring (bicyclic) bond motifs is 2. The zero-order chi connectivity index (χ0) is 42.3. The highest BCUT2D eigenvalue weighted by Crippen LogP contribution is 2.54. The van der Waals surface area contributed by atoms with Gasteiger partial charge in [-0.25, -0.2) is 9.98 Å². The van der Waals surface area contributed by atoms with E-state index >= 15 is 0 Å². The summed E-state index contributed by atoms with van der Waals surface area (Å²) in [6.45, 7) is 8.45. The van der Waals surface area contributed by atoms with E-state index < -0.39 is 6.04 Å². The molecule has 3 amide bonds. The molecular formula is C49H58BrN7O3S. The Labute approximate surface area is 372 Å². The number of aryl methyl sites for hydroxylation is 1. The normalized spacial score (nSPS) is 22.5. The van der Waals surface area contributed by atoms with Crippen LogP contribution in [0.25, 0.3) is 10.4 Å². The average molecular weight is 905 g/mol. The number of nitrogens with one attached hydrogen (secondary N) is 1. The summed E-state index contributed by atoms with van der Waals surface area (Å²) < 4.78 is 1.05. The summed E-state index contributed by atoms with van der Waals surface area (Å²) in [5, 5.41) is 3.20. The molecule has 61 heavy (non-hydrogen) atoms. The van der Waals surface area contributed by atoms with Crippen molar-refractivity contribution < 1.29 is 14.4 Å². The summed E-state index contributed by atoms with van der Waals surface area (Å²) in [6, 6.07) is 21.0. The minimum absolute atomic E-state index is 0.0204. The third-order valence-electron chi connectivity index (χ3n) is 14.7. The Morgan fingerprint density at radius 3 is 2.33 bits per heavy atom. The predicted molar refractivity (Wildman–Crippen MR) is 248 cm³/mol. The van der Waals surface area contributed by atoms with Crippen molar-refractivity contribution in [1.82, 2.24) is 25.0 Å². The van der Waals surface area contributed by atoms with E-state index in [2.05, 4.69) is 101 Å². The Bertz CT molecular complexity index is 2290. The van der Waals surface area contributed by atoms with Crippen molar-refractivity contribution in [1.29, 1.82) is 0 Å². The summed E-state index contributed by atoms with van der Waals surface area (Å²) in [4.78, 5) is 59.4. The summed E-state index contributed by atoms with van der Waals surface area (Å²) in [5.41, 5.74) is 10.6. The fourth-order valence-corrected chi connectivity index (χ4v) is 12.4. The standard InChI is InChI=1S/C49H58BrN7O3S/c1-32-40(50)9-7-10-41(32)57-43-29-37(16-17-39(43)49(48(57)51-30-58)22-5-4-6-23-49)34-18-25-55(26-19-34)38-20-27-56(28-21-38)47(60)44(53-46(59)42-11-8-24-54(42)3)35-12-14-36(15-13-35)45-33(2)52-31-61-45/h7,9-10,12-17,29-31,34,38,42,44H,4-6,8,11,18-28H2,1-3H3,(H,53,59). The molecule has 1 saturated carbocycles. The number of thiazole rings is 1. The highest BCUT2D eigenvalue weighted by Gasteiger charge is 2.50. The number of aliphatic imine (C=N–C) groups is 1. The number of likely N-dealkylation sites (tertiary alicyclic amines) is 3. The van der Waals surface area contributed by atoms with Gasteiger partial charge in [-0.2, -0.15) is 0 Å². The number of piperidine rings is 2. The number of benzene rings is 3. The SMILES string of the molecule is Cc1ncsc1-c1ccc(C(NC(=O)C2CCCN2C)C(=O)N2CCC(N3CCC(c4ccc5c(c4)N(c4cccc(Br)c4C)C(=NC=O)C54CCCCC4)CC3)CC2)cc1. The first kappa shape index (κ1) is 42.1. The Balaban J connectivity index is 0.877. The van der Waals surface area contributed by atoms with Crippen molar-refractivity contribution in [3.8, 4) is 10.4 Å². The van der Waals surface area contributed by atoms with E-state index in [0.29, 0.717) is 25.0 Å². The van der Waals surface area contributed by atoms with Crippen LogP contribution in [0.3, 0.4) is 0 Å². The van der Waals surface area contributed by atoms with Gasteiger partial charge in [0.15, 0.2) is 0 Å². The van der Waals surface area contributed by atoms with Gasteiger partial charge in [0, 0.05) is 23.6 Å². The van der Waals surface area contributed by atoms with Gasteiger partial charge in [-0.05, 0) is 144 Å². The van der Waals surface area contributed by atoms with E-state index in [0.717, 1.165) is 134 Å². The predicted octanol–water partition coefficient (Wildman–Crippen LogP) is 9.22. The van der Waals surface area contributed by atoms with Crippen LogP contribution in [0.2, 0.25) is 0 Å². The van der Waals surface area contributed by atoms with Crippen LogP contribution in [0.4, 0.5) is 11.4 Å². The van der Waals surface area contributed by atoms with Crippen LogP contribution in [0, 0.1) is 13.8 Å². The molecule has 0 bridgehead atoms. The smallest absolute Gasteiger partial charge is 0.249 e. The number of halogens is 1. The molecule has 4 aromatic rings. The number of carbonyl (C=O) groups is 3. The lowest BCUT2D eigenvalue weighted by molar-refractivity contribution is -0.139. The van der Waals surface area contributed by atoms with Crippen LogP contribution in [0.5, 0.6) is 0 Å². The number of amidine groups is 1. The van der Waals surface area contributed by atoms with E-state index in [1.807, 2.05) is 36.5 Å². The fraction of sp³-hybridized carbons (Fsp3) is 0.490. The first-order chi connectivity index (χ1) is 29.7. The van der Waals surface area contributed by atoms with Crippen molar-refractivity contribution in [2.45, 2.75) is 114 Å². The third-order valence-corrected chi connectivity index (χ3v) is 16.5. The molecule has 3 aromatic carbocycles. The van der Waals surface area contributed by atoms with Gasteiger partial charge in [0.05, 0.1) is 38.9 Å². The minimum atomic E-state index is -0.727. The summed E-state index contributed by atoms with van der Waals surface area (Å²) >= 11 is 5.39. The lowest BCUT2D eigenvalue weighted by Gasteiger charge is -2.42. The number of anilines is 2. The molecule has 12 heteroatoms. The Morgan fingerprint density at radius 2 is 1.66 bits per heavy atom. The molecule has 5 aliphatic rings. The van der Waals surface area contributed by atoms with Crippen LogP contribution in [-0.4, -0.2) is 95.6 Å². The van der Waals surface area contributed by atoms with E-state index in [9.17, 15) is 14.4 Å². The second-order valence-electron chi connectivity index (χ2n) is 18.0. The molecular weight excluding hydrogens is 847 g/mol. The van der Waals surface area contributed by atoms with Gasteiger partial charge in [0.2, 0.25) is 18.2 Å². The van der Waals surface area contributed by atoms with Crippen molar-refractivity contribution >= 4 is 62.7 Å². The second kappa shape index (κ2) is 17.9. The maximum Gasteiger partial charge on any atom is 0.249 e. The quantitative estimate of drug-likeness (QED) is 0.167. The maximum atomic E-state index is 14.4. The number of amides is 3. The monoisotopic (exact) mass is 903 g/mol. The number of likely N-dealkylation sites (N-methyl/N-ethyl adjacent to an activating group) is 1. The Kier molecular flexibility index (Phi) is 12.3. The molecule has 0 radical (unpaired) electrons. The number of hydrogen-bond donors (Lipinski definition) is 1. The van der Waals surface area contributed by atoms with Crippen LogP contribution in [0.15, 0.2) is 75.6 Å². The van der Waals surface area contributed by atoms with Crippen molar-refractivity contribution in [2.75, 3.05) is 44.7 Å². The van der Waals surface area contributed by atoms with Crippen LogP contribution < -0.4 is 10.2 Å². The van der Waals surface area contributed by atoms with E-state index in [1.54, 1.807) is 11.3 Å². The number of aromatic nitrogens is 1. The van der Waals surface area contributed by atoms with Gasteiger partial charge in [-0.3, -0.25) is 24.2 Å². The Hall–Kier alpha value is -4.23. The van der Waals surface area contributed by atoms with Gasteiger partial charge >= 0.3 is 0 Å². The van der Waals surface area contributed by atoms with Gasteiger partial charge in [0.1, 0.15) is 11.9 Å². The fourth-order valence-electron chi connectivity index (χ4n) is 11.2. The maximum absolute atomic E-state index is 14.4. The Morgan fingerprint density at radius 1 is 0.902 bits per heavy atom. The van der Waals surface area contributed by atoms with E-state index in [1.165, 1.54) is 23.2 Å². The molecule has 320 valence electrons. The molecule has 5 heterocycles. The highest BCUT2D eigenvalue weighted by atomic mass is 79.9.